The van der Waals surface area contributed by atoms with Crippen LogP contribution in [0.2, 0.25) is 5.02 Å². The Morgan fingerprint density at radius 3 is 2.68 bits per heavy atom. The predicted octanol–water partition coefficient (Wildman–Crippen LogP) is 3.33. The van der Waals surface area contributed by atoms with Gasteiger partial charge in [-0.05, 0) is 18.2 Å². The SMILES string of the molecule is CN(CCOc1ccccc1Cl)C(=O)c1cc(=O)[nH]c2ccccc12. The minimum atomic E-state index is -0.303. The molecule has 0 aliphatic carbocycles. The summed E-state index contributed by atoms with van der Waals surface area (Å²) in [6.07, 6.45) is 0. The lowest BCUT2D eigenvalue weighted by molar-refractivity contribution is 0.0775. The summed E-state index contributed by atoms with van der Waals surface area (Å²) in [7, 11) is 1.67. The van der Waals surface area contributed by atoms with E-state index in [9.17, 15) is 9.59 Å². The molecule has 128 valence electrons. The van der Waals surface area contributed by atoms with Crippen LogP contribution in [0.4, 0.5) is 0 Å². The summed E-state index contributed by atoms with van der Waals surface area (Å²) >= 11 is 6.04. The topological polar surface area (TPSA) is 62.4 Å². The second-order valence-corrected chi connectivity index (χ2v) is 6.01. The van der Waals surface area contributed by atoms with Crippen molar-refractivity contribution in [3.05, 3.63) is 75.5 Å². The maximum atomic E-state index is 12.7. The lowest BCUT2D eigenvalue weighted by atomic mass is 10.1. The summed E-state index contributed by atoms with van der Waals surface area (Å²) < 4.78 is 5.61. The molecule has 25 heavy (non-hydrogen) atoms. The zero-order chi connectivity index (χ0) is 17.8. The number of benzene rings is 2. The molecule has 1 heterocycles. The van der Waals surface area contributed by atoms with Gasteiger partial charge in [-0.15, -0.1) is 0 Å². The van der Waals surface area contributed by atoms with Crippen molar-refractivity contribution in [2.45, 2.75) is 0 Å². The molecule has 2 aromatic carbocycles. The van der Waals surface area contributed by atoms with Crippen LogP contribution in [0.3, 0.4) is 0 Å². The Morgan fingerprint density at radius 2 is 1.88 bits per heavy atom. The van der Waals surface area contributed by atoms with E-state index in [4.69, 9.17) is 16.3 Å². The first kappa shape index (κ1) is 17.0. The van der Waals surface area contributed by atoms with Crippen LogP contribution in [-0.2, 0) is 0 Å². The minimum Gasteiger partial charge on any atom is -0.490 e. The number of carbonyl (C=O) groups excluding carboxylic acids is 1. The number of ether oxygens (including phenoxy) is 1. The van der Waals surface area contributed by atoms with E-state index in [2.05, 4.69) is 4.98 Å². The number of hydrogen-bond donors (Lipinski definition) is 1. The molecule has 0 radical (unpaired) electrons. The fraction of sp³-hybridized carbons (Fsp3) is 0.158. The molecule has 1 N–H and O–H groups in total. The van der Waals surface area contributed by atoms with Gasteiger partial charge >= 0.3 is 0 Å². The van der Waals surface area contributed by atoms with E-state index in [1.807, 2.05) is 30.3 Å². The second-order valence-electron chi connectivity index (χ2n) is 5.60. The number of rotatable bonds is 5. The number of nitrogens with one attached hydrogen (secondary N) is 1. The molecular formula is C19H17ClN2O3. The summed E-state index contributed by atoms with van der Waals surface area (Å²) in [6, 6.07) is 15.7. The fourth-order valence-corrected chi connectivity index (χ4v) is 2.73. The first-order chi connectivity index (χ1) is 12.1. The summed E-state index contributed by atoms with van der Waals surface area (Å²) in [4.78, 5) is 28.8. The predicted molar refractivity (Wildman–Crippen MR) is 98.5 cm³/mol. The molecule has 0 atom stereocenters. The number of nitrogens with zero attached hydrogens (tertiary/aromatic N) is 1. The van der Waals surface area contributed by atoms with Crippen molar-refractivity contribution in [3.8, 4) is 5.75 Å². The number of para-hydroxylation sites is 2. The maximum Gasteiger partial charge on any atom is 0.254 e. The number of hydrogen-bond acceptors (Lipinski definition) is 3. The third kappa shape index (κ3) is 3.83. The molecule has 0 unspecified atom stereocenters. The Hall–Kier alpha value is -2.79. The number of aromatic amines is 1. The summed E-state index contributed by atoms with van der Waals surface area (Å²) in [5.74, 6) is 0.344. The Kier molecular flexibility index (Phi) is 5.05. The van der Waals surface area contributed by atoms with E-state index in [1.165, 1.54) is 11.0 Å². The highest BCUT2D eigenvalue weighted by Crippen LogP contribution is 2.23. The van der Waals surface area contributed by atoms with Gasteiger partial charge in [-0.2, -0.15) is 0 Å². The van der Waals surface area contributed by atoms with Crippen molar-refractivity contribution in [3.63, 3.8) is 0 Å². The first-order valence-corrected chi connectivity index (χ1v) is 8.19. The van der Waals surface area contributed by atoms with Crippen LogP contribution in [0.25, 0.3) is 10.9 Å². The molecule has 0 bridgehead atoms. The van der Waals surface area contributed by atoms with Crippen LogP contribution < -0.4 is 10.3 Å². The van der Waals surface area contributed by atoms with Crippen molar-refractivity contribution < 1.29 is 9.53 Å². The third-order valence-corrected chi connectivity index (χ3v) is 4.16. The molecule has 0 spiro atoms. The minimum absolute atomic E-state index is 0.231. The highest BCUT2D eigenvalue weighted by atomic mass is 35.5. The number of pyridine rings is 1. The molecule has 3 rings (SSSR count). The number of halogens is 1. The van der Waals surface area contributed by atoms with Gasteiger partial charge in [0.05, 0.1) is 17.1 Å². The van der Waals surface area contributed by atoms with Gasteiger partial charge in [0.25, 0.3) is 5.91 Å². The standard InChI is InChI=1S/C19H17ClN2O3/c1-22(10-11-25-17-9-5-3-7-15(17)20)19(24)14-12-18(23)21-16-8-4-2-6-13(14)16/h2-9,12H,10-11H2,1H3,(H,21,23). The molecule has 3 aromatic rings. The molecule has 1 aromatic heterocycles. The summed E-state index contributed by atoms with van der Waals surface area (Å²) in [6.45, 7) is 0.665. The average Bonchev–Trinajstić information content (AvgIpc) is 2.61. The number of carbonyl (C=O) groups is 1. The van der Waals surface area contributed by atoms with Crippen molar-refractivity contribution in [2.24, 2.45) is 0 Å². The lowest BCUT2D eigenvalue weighted by Crippen LogP contribution is -2.31. The van der Waals surface area contributed by atoms with Gasteiger partial charge in [0.1, 0.15) is 12.4 Å². The summed E-state index contributed by atoms with van der Waals surface area (Å²) in [5.41, 5.74) is 0.710. The van der Waals surface area contributed by atoms with Crippen LogP contribution in [0.1, 0.15) is 10.4 Å². The van der Waals surface area contributed by atoms with E-state index < -0.39 is 0 Å². The van der Waals surface area contributed by atoms with Gasteiger partial charge in [0, 0.05) is 24.0 Å². The number of amides is 1. The molecule has 0 saturated heterocycles. The number of aromatic nitrogens is 1. The van der Waals surface area contributed by atoms with Crippen LogP contribution in [0, 0.1) is 0 Å². The van der Waals surface area contributed by atoms with E-state index in [1.54, 1.807) is 25.2 Å². The number of H-pyrrole nitrogens is 1. The quantitative estimate of drug-likeness (QED) is 0.762. The molecule has 5 nitrogen and oxygen atoms in total. The number of fused-ring (bicyclic) bond motifs is 1. The molecule has 0 aliphatic rings. The molecule has 0 fully saturated rings. The Bertz CT molecular complexity index is 968. The lowest BCUT2D eigenvalue weighted by Gasteiger charge is -2.18. The van der Waals surface area contributed by atoms with Gasteiger partial charge in [-0.1, -0.05) is 41.9 Å². The van der Waals surface area contributed by atoms with Crippen molar-refractivity contribution in [1.29, 1.82) is 0 Å². The van der Waals surface area contributed by atoms with E-state index in [0.29, 0.717) is 40.4 Å². The largest absolute Gasteiger partial charge is 0.490 e. The van der Waals surface area contributed by atoms with Crippen molar-refractivity contribution in [2.75, 3.05) is 20.2 Å². The van der Waals surface area contributed by atoms with Crippen molar-refractivity contribution >= 4 is 28.4 Å². The van der Waals surface area contributed by atoms with E-state index in [-0.39, 0.29) is 11.5 Å². The monoisotopic (exact) mass is 356 g/mol. The second kappa shape index (κ2) is 7.40. The highest BCUT2D eigenvalue weighted by molar-refractivity contribution is 6.32. The maximum absolute atomic E-state index is 12.7. The van der Waals surface area contributed by atoms with Gasteiger partial charge in [-0.25, -0.2) is 0 Å². The van der Waals surface area contributed by atoms with Crippen LogP contribution in [0.5, 0.6) is 5.75 Å². The van der Waals surface area contributed by atoms with E-state index in [0.717, 1.165) is 0 Å². The fourth-order valence-electron chi connectivity index (χ4n) is 2.54. The molecular weight excluding hydrogens is 340 g/mol. The zero-order valence-corrected chi connectivity index (χ0v) is 14.4. The molecule has 1 amide bonds. The number of likely N-dealkylation sites (N-methyl/N-ethyl adjacent to an activating group) is 1. The highest BCUT2D eigenvalue weighted by Gasteiger charge is 2.16. The van der Waals surface area contributed by atoms with E-state index >= 15 is 0 Å². The van der Waals surface area contributed by atoms with Crippen LogP contribution in [0.15, 0.2) is 59.4 Å². The normalized spacial score (nSPS) is 10.6. The van der Waals surface area contributed by atoms with Crippen LogP contribution in [-0.4, -0.2) is 36.0 Å². The molecule has 6 heteroatoms. The Balaban J connectivity index is 1.73. The van der Waals surface area contributed by atoms with Gasteiger partial charge in [0.15, 0.2) is 0 Å². The molecule has 0 saturated carbocycles. The Labute approximate surface area is 149 Å². The zero-order valence-electron chi connectivity index (χ0n) is 13.7. The molecule has 0 aliphatic heterocycles. The first-order valence-electron chi connectivity index (χ1n) is 7.81. The van der Waals surface area contributed by atoms with Gasteiger partial charge < -0.3 is 14.6 Å². The Morgan fingerprint density at radius 1 is 1.16 bits per heavy atom. The summed E-state index contributed by atoms with van der Waals surface area (Å²) in [5, 5.41) is 1.24. The van der Waals surface area contributed by atoms with Gasteiger partial charge in [-0.3, -0.25) is 9.59 Å². The van der Waals surface area contributed by atoms with Gasteiger partial charge in [0.2, 0.25) is 5.56 Å². The van der Waals surface area contributed by atoms with Crippen molar-refractivity contribution in [1.82, 2.24) is 9.88 Å². The smallest absolute Gasteiger partial charge is 0.254 e. The van der Waals surface area contributed by atoms with Crippen LogP contribution >= 0.6 is 11.6 Å². The average molecular weight is 357 g/mol. The third-order valence-electron chi connectivity index (χ3n) is 3.85.